The maximum atomic E-state index is 11.5. The number of hydrogen-bond acceptors (Lipinski definition) is 7. The summed E-state index contributed by atoms with van der Waals surface area (Å²) >= 11 is 0. The minimum atomic E-state index is -2.29. The topological polar surface area (TPSA) is 106 Å². The van der Waals surface area contributed by atoms with Gasteiger partial charge >= 0.3 is 8.25 Å². The molecule has 0 saturated carbocycles. The van der Waals surface area contributed by atoms with Crippen LogP contribution in [-0.4, -0.2) is 38.9 Å². The Bertz CT molecular complexity index is 224. The summed E-state index contributed by atoms with van der Waals surface area (Å²) in [6.45, 7) is 6.42. The second kappa shape index (κ2) is 13.8. The fourth-order valence-electron chi connectivity index (χ4n) is 1.41. The van der Waals surface area contributed by atoms with Crippen molar-refractivity contribution in [3.63, 3.8) is 0 Å². The lowest BCUT2D eigenvalue weighted by Gasteiger charge is -2.07. The minimum Gasteiger partial charge on any atom is -0.382 e. The van der Waals surface area contributed by atoms with E-state index in [1.54, 1.807) is 0 Å². The van der Waals surface area contributed by atoms with Crippen LogP contribution in [0.3, 0.4) is 0 Å². The Balaban J connectivity index is 3.59. The highest BCUT2D eigenvalue weighted by atomic mass is 31.1. The third kappa shape index (κ3) is 12.9. The van der Waals surface area contributed by atoms with Gasteiger partial charge in [0.15, 0.2) is 12.5 Å². The van der Waals surface area contributed by atoms with E-state index < -0.39 is 20.7 Å². The summed E-state index contributed by atoms with van der Waals surface area (Å²) < 4.78 is 31.9. The van der Waals surface area contributed by atoms with E-state index in [4.69, 9.17) is 30.0 Å². The quantitative estimate of drug-likeness (QED) is 0.286. The van der Waals surface area contributed by atoms with E-state index in [9.17, 15) is 4.57 Å². The second-order valence-corrected chi connectivity index (χ2v) is 5.06. The Morgan fingerprint density at radius 2 is 1.30 bits per heavy atom. The third-order valence-corrected chi connectivity index (χ3v) is 3.29. The van der Waals surface area contributed by atoms with Crippen molar-refractivity contribution >= 4 is 8.25 Å². The molecule has 0 aliphatic rings. The molecule has 0 aliphatic carbocycles. The molecule has 0 fully saturated rings. The number of nitrogens with two attached hydrogens (primary N) is 2. The van der Waals surface area contributed by atoms with E-state index in [-0.39, 0.29) is 0 Å². The van der Waals surface area contributed by atoms with Crippen molar-refractivity contribution in [1.29, 1.82) is 0 Å². The molecular weight excluding hydrogens is 283 g/mol. The van der Waals surface area contributed by atoms with Crippen molar-refractivity contribution in [1.82, 2.24) is 0 Å². The van der Waals surface area contributed by atoms with Crippen molar-refractivity contribution in [2.24, 2.45) is 11.5 Å². The van der Waals surface area contributed by atoms with Gasteiger partial charge in [0.25, 0.3) is 0 Å². The standard InChI is InChI=1S/C12H28N2O5P/c1-3-16-9-5-7-11(13)18-20(15)19-12(14)8-6-10-17-4-2/h11-12H,3-10,13-14H2,1-2H3/q+1. The Kier molecular flexibility index (Phi) is 13.7. The fraction of sp³-hybridized carbons (Fsp3) is 1.00. The Morgan fingerprint density at radius 3 is 1.65 bits per heavy atom. The zero-order valence-corrected chi connectivity index (χ0v) is 13.3. The molecule has 2 atom stereocenters. The van der Waals surface area contributed by atoms with Crippen LogP contribution in [0.4, 0.5) is 0 Å². The van der Waals surface area contributed by atoms with E-state index in [0.717, 1.165) is 12.8 Å². The van der Waals surface area contributed by atoms with Gasteiger partial charge in [0.05, 0.1) is 0 Å². The van der Waals surface area contributed by atoms with E-state index in [0.29, 0.717) is 39.3 Å². The molecule has 0 aromatic heterocycles. The van der Waals surface area contributed by atoms with Crippen LogP contribution < -0.4 is 11.5 Å². The van der Waals surface area contributed by atoms with Crippen LogP contribution in [0.5, 0.6) is 0 Å². The van der Waals surface area contributed by atoms with E-state index in [1.807, 2.05) is 13.8 Å². The molecule has 0 aromatic rings. The van der Waals surface area contributed by atoms with Gasteiger partial charge in [0.2, 0.25) is 0 Å². The molecule has 0 radical (unpaired) electrons. The minimum absolute atomic E-state index is 0.560. The molecule has 0 aliphatic heterocycles. The molecule has 4 N–H and O–H groups in total. The van der Waals surface area contributed by atoms with Gasteiger partial charge < -0.3 is 20.9 Å². The van der Waals surface area contributed by atoms with Crippen LogP contribution in [0.25, 0.3) is 0 Å². The maximum absolute atomic E-state index is 11.5. The Hall–Kier alpha value is -0.140. The van der Waals surface area contributed by atoms with E-state index in [2.05, 4.69) is 0 Å². The lowest BCUT2D eigenvalue weighted by Crippen LogP contribution is -2.25. The SMILES string of the molecule is CCOCCCC(N)O[P+](=O)OC(N)CCCOCC. The van der Waals surface area contributed by atoms with Crippen LogP contribution in [0.15, 0.2) is 0 Å². The first kappa shape index (κ1) is 19.9. The maximum Gasteiger partial charge on any atom is 0.700 e. The van der Waals surface area contributed by atoms with Gasteiger partial charge in [-0.3, -0.25) is 0 Å². The average Bonchev–Trinajstić information content (AvgIpc) is 2.39. The number of hydrogen-bond donors (Lipinski definition) is 2. The molecule has 2 unspecified atom stereocenters. The first-order valence-corrected chi connectivity index (χ1v) is 8.17. The van der Waals surface area contributed by atoms with Gasteiger partial charge in [-0.15, -0.1) is 9.05 Å². The Morgan fingerprint density at radius 1 is 0.900 bits per heavy atom. The highest BCUT2D eigenvalue weighted by molar-refractivity contribution is 7.33. The summed E-state index contributed by atoms with van der Waals surface area (Å²) in [5.74, 6) is 0. The lowest BCUT2D eigenvalue weighted by atomic mass is 10.3. The van der Waals surface area contributed by atoms with Gasteiger partial charge in [0, 0.05) is 31.0 Å². The van der Waals surface area contributed by atoms with Crippen LogP contribution >= 0.6 is 8.25 Å². The van der Waals surface area contributed by atoms with Crippen LogP contribution in [-0.2, 0) is 23.1 Å². The molecular formula is C12H28N2O5P+. The molecule has 0 aromatic carbocycles. The zero-order chi connectivity index (χ0) is 15.2. The molecule has 0 amide bonds. The normalized spacial score (nSPS) is 15.1. The van der Waals surface area contributed by atoms with Gasteiger partial charge in [-0.1, -0.05) is 0 Å². The van der Waals surface area contributed by atoms with Crippen LogP contribution in [0, 0.1) is 0 Å². The number of ether oxygens (including phenoxy) is 2. The van der Waals surface area contributed by atoms with Gasteiger partial charge in [-0.25, -0.2) is 0 Å². The highest BCUT2D eigenvalue weighted by Gasteiger charge is 2.28. The average molecular weight is 311 g/mol. The molecule has 120 valence electrons. The third-order valence-electron chi connectivity index (χ3n) is 2.41. The molecule has 0 heterocycles. The van der Waals surface area contributed by atoms with Crippen molar-refractivity contribution in [2.45, 2.75) is 52.0 Å². The summed E-state index contributed by atoms with van der Waals surface area (Å²) in [5, 5.41) is 0. The van der Waals surface area contributed by atoms with E-state index >= 15 is 0 Å². The van der Waals surface area contributed by atoms with E-state index in [1.165, 1.54) is 0 Å². The molecule has 0 bridgehead atoms. The predicted octanol–water partition coefficient (Wildman–Crippen LogP) is 1.88. The van der Waals surface area contributed by atoms with Gasteiger partial charge in [-0.2, -0.15) is 0 Å². The summed E-state index contributed by atoms with van der Waals surface area (Å²) in [6.07, 6.45) is 1.36. The number of rotatable bonds is 14. The highest BCUT2D eigenvalue weighted by Crippen LogP contribution is 2.27. The monoisotopic (exact) mass is 311 g/mol. The lowest BCUT2D eigenvalue weighted by molar-refractivity contribution is 0.0975. The first-order chi connectivity index (χ1) is 9.60. The molecule has 20 heavy (non-hydrogen) atoms. The molecule has 0 rings (SSSR count). The summed E-state index contributed by atoms with van der Waals surface area (Å²) in [5.41, 5.74) is 11.3. The van der Waals surface area contributed by atoms with Crippen LogP contribution in [0.2, 0.25) is 0 Å². The van der Waals surface area contributed by atoms with Crippen molar-refractivity contribution in [2.75, 3.05) is 26.4 Å². The molecule has 0 saturated heterocycles. The van der Waals surface area contributed by atoms with Crippen molar-refractivity contribution in [3.05, 3.63) is 0 Å². The Labute approximate surface area is 122 Å². The summed E-state index contributed by atoms with van der Waals surface area (Å²) in [6, 6.07) is 0. The predicted molar refractivity (Wildman–Crippen MR) is 77.2 cm³/mol. The van der Waals surface area contributed by atoms with Gasteiger partial charge in [0.1, 0.15) is 0 Å². The second-order valence-electron chi connectivity index (χ2n) is 4.19. The fourth-order valence-corrected chi connectivity index (χ4v) is 2.12. The summed E-state index contributed by atoms with van der Waals surface area (Å²) in [7, 11) is -2.29. The zero-order valence-electron chi connectivity index (χ0n) is 12.5. The summed E-state index contributed by atoms with van der Waals surface area (Å²) in [4.78, 5) is 0. The first-order valence-electron chi connectivity index (χ1n) is 7.07. The molecule has 8 heteroatoms. The smallest absolute Gasteiger partial charge is 0.382 e. The van der Waals surface area contributed by atoms with Crippen molar-refractivity contribution in [3.8, 4) is 0 Å². The molecule has 7 nitrogen and oxygen atoms in total. The van der Waals surface area contributed by atoms with Crippen molar-refractivity contribution < 1.29 is 23.1 Å². The largest absolute Gasteiger partial charge is 0.700 e. The van der Waals surface area contributed by atoms with Gasteiger partial charge in [-0.05, 0) is 39.5 Å². The van der Waals surface area contributed by atoms with Crippen LogP contribution in [0.1, 0.15) is 39.5 Å². The molecule has 0 spiro atoms.